The molecule has 32 heavy (non-hydrogen) atoms. The van der Waals surface area contributed by atoms with Gasteiger partial charge in [0.05, 0.1) is 11.3 Å². The molecule has 4 aromatic carbocycles. The van der Waals surface area contributed by atoms with Crippen molar-refractivity contribution in [3.8, 4) is 5.75 Å². The number of para-hydroxylation sites is 1. The van der Waals surface area contributed by atoms with Gasteiger partial charge in [0.15, 0.2) is 0 Å². The number of benzene rings is 4. The van der Waals surface area contributed by atoms with Crippen LogP contribution in [0.5, 0.6) is 5.75 Å². The molecule has 160 valence electrons. The minimum Gasteiger partial charge on any atom is -0.507 e. The Labute approximate surface area is 191 Å². The summed E-state index contributed by atoms with van der Waals surface area (Å²) in [7, 11) is -1.23. The highest BCUT2D eigenvalue weighted by atomic mass is 32.2. The highest BCUT2D eigenvalue weighted by Crippen LogP contribution is 2.38. The van der Waals surface area contributed by atoms with Crippen LogP contribution in [-0.4, -0.2) is 15.5 Å². The van der Waals surface area contributed by atoms with Crippen LogP contribution in [0.25, 0.3) is 0 Å². The van der Waals surface area contributed by atoms with Crippen molar-refractivity contribution in [3.05, 3.63) is 138 Å². The fourth-order valence-corrected chi connectivity index (χ4v) is 5.37. The van der Waals surface area contributed by atoms with Crippen molar-refractivity contribution in [2.24, 2.45) is 4.99 Å². The van der Waals surface area contributed by atoms with Crippen molar-refractivity contribution in [2.75, 3.05) is 0 Å². The molecule has 3 atom stereocenters. The number of nitrogens with zero attached hydrogens (tertiary/aromatic N) is 1. The second-order valence-electron chi connectivity index (χ2n) is 7.53. The van der Waals surface area contributed by atoms with Crippen LogP contribution in [0.1, 0.15) is 33.5 Å². The Balaban J connectivity index is 1.77. The minimum atomic E-state index is -1.23. The van der Waals surface area contributed by atoms with Crippen molar-refractivity contribution >= 4 is 17.0 Å². The summed E-state index contributed by atoms with van der Waals surface area (Å²) < 4.78 is 13.8. The Bertz CT molecular complexity index is 1180. The fraction of sp³-hybridized carbons (Fsp3) is 0.107. The van der Waals surface area contributed by atoms with Gasteiger partial charge in [-0.2, -0.15) is 0 Å². The standard InChI is InChI=1S/C28H25NO2S/c30-26-19-11-10-18-25(26)20-29-27(23-14-6-2-7-15-23)28(24-16-8-3-9-17-24)32(31)21-22-12-4-1-5-13-22/h1-20,27-28,30H,21H2/t27-,28+,32-/m0/s1. The molecular weight excluding hydrogens is 414 g/mol. The molecule has 0 aliphatic carbocycles. The molecule has 0 saturated carbocycles. The van der Waals surface area contributed by atoms with Gasteiger partial charge in [0, 0.05) is 28.3 Å². The van der Waals surface area contributed by atoms with Gasteiger partial charge in [0.2, 0.25) is 0 Å². The maximum atomic E-state index is 13.8. The van der Waals surface area contributed by atoms with Gasteiger partial charge in [-0.3, -0.25) is 9.20 Å². The molecule has 4 aromatic rings. The summed E-state index contributed by atoms with van der Waals surface area (Å²) in [6.45, 7) is 0. The molecule has 0 unspecified atom stereocenters. The number of phenols is 1. The molecule has 0 bridgehead atoms. The molecule has 1 N–H and O–H groups in total. The first-order valence-corrected chi connectivity index (χ1v) is 11.9. The summed E-state index contributed by atoms with van der Waals surface area (Å²) in [4.78, 5) is 4.89. The molecule has 0 amide bonds. The molecule has 4 heteroatoms. The zero-order valence-electron chi connectivity index (χ0n) is 17.6. The normalized spacial score (nSPS) is 14.1. The average Bonchev–Trinajstić information content (AvgIpc) is 2.84. The average molecular weight is 440 g/mol. The van der Waals surface area contributed by atoms with E-state index < -0.39 is 10.8 Å². The number of phenolic OH excluding ortho intramolecular Hbond substituents is 1. The third-order valence-electron chi connectivity index (χ3n) is 5.30. The quantitative estimate of drug-likeness (QED) is 0.330. The van der Waals surface area contributed by atoms with Crippen LogP contribution in [-0.2, 0) is 16.6 Å². The van der Waals surface area contributed by atoms with E-state index in [9.17, 15) is 9.32 Å². The topological polar surface area (TPSA) is 49.7 Å². The summed E-state index contributed by atoms with van der Waals surface area (Å²) in [5.74, 6) is 0.611. The van der Waals surface area contributed by atoms with E-state index in [1.807, 2.05) is 103 Å². The molecule has 0 aromatic heterocycles. The number of rotatable bonds is 8. The largest absolute Gasteiger partial charge is 0.507 e. The van der Waals surface area contributed by atoms with Gasteiger partial charge >= 0.3 is 0 Å². The van der Waals surface area contributed by atoms with Crippen LogP contribution in [0.2, 0.25) is 0 Å². The van der Waals surface area contributed by atoms with E-state index in [4.69, 9.17) is 4.99 Å². The second-order valence-corrected chi connectivity index (χ2v) is 9.09. The zero-order chi connectivity index (χ0) is 22.2. The first-order chi connectivity index (χ1) is 15.7. The van der Waals surface area contributed by atoms with E-state index in [1.54, 1.807) is 18.3 Å². The molecule has 0 fully saturated rings. The van der Waals surface area contributed by atoms with Crippen LogP contribution in [0.3, 0.4) is 0 Å². The van der Waals surface area contributed by atoms with Crippen LogP contribution < -0.4 is 0 Å². The molecule has 0 aliphatic heterocycles. The van der Waals surface area contributed by atoms with E-state index in [0.717, 1.165) is 16.7 Å². The van der Waals surface area contributed by atoms with Crippen molar-refractivity contribution in [3.63, 3.8) is 0 Å². The Morgan fingerprint density at radius 1 is 0.719 bits per heavy atom. The summed E-state index contributed by atoms with van der Waals surface area (Å²) in [5.41, 5.74) is 3.62. The highest BCUT2D eigenvalue weighted by molar-refractivity contribution is 7.84. The van der Waals surface area contributed by atoms with Crippen molar-refractivity contribution in [1.29, 1.82) is 0 Å². The summed E-state index contributed by atoms with van der Waals surface area (Å²) in [5, 5.41) is 9.86. The number of aliphatic imine (C=N–C) groups is 1. The molecule has 0 aliphatic rings. The van der Waals surface area contributed by atoms with Gasteiger partial charge in [0.1, 0.15) is 5.75 Å². The summed E-state index contributed by atoms with van der Waals surface area (Å²) in [6, 6.07) is 36.5. The van der Waals surface area contributed by atoms with Gasteiger partial charge < -0.3 is 5.11 Å². The Morgan fingerprint density at radius 2 is 1.25 bits per heavy atom. The fourth-order valence-electron chi connectivity index (χ4n) is 3.70. The van der Waals surface area contributed by atoms with Gasteiger partial charge in [0.25, 0.3) is 0 Å². The minimum absolute atomic E-state index is 0.171. The lowest BCUT2D eigenvalue weighted by Crippen LogP contribution is -2.17. The number of hydrogen-bond donors (Lipinski definition) is 1. The van der Waals surface area contributed by atoms with Crippen LogP contribution in [0.4, 0.5) is 0 Å². The molecular formula is C28H25NO2S. The predicted octanol–water partition coefficient (Wildman–Crippen LogP) is 6.24. The van der Waals surface area contributed by atoms with Gasteiger partial charge in [-0.1, -0.05) is 103 Å². The maximum absolute atomic E-state index is 13.8. The smallest absolute Gasteiger partial charge is 0.124 e. The van der Waals surface area contributed by atoms with Crippen LogP contribution in [0, 0.1) is 0 Å². The van der Waals surface area contributed by atoms with E-state index in [1.165, 1.54) is 0 Å². The Morgan fingerprint density at radius 3 is 1.88 bits per heavy atom. The van der Waals surface area contributed by atoms with E-state index in [-0.39, 0.29) is 17.0 Å². The SMILES string of the molecule is O=[S@@](Cc1ccccc1)[C@H](c1ccccc1)[C@@H](N=Cc1ccccc1O)c1ccccc1. The number of hydrogen-bond acceptors (Lipinski definition) is 3. The van der Waals surface area contributed by atoms with Crippen molar-refractivity contribution in [1.82, 2.24) is 0 Å². The molecule has 0 saturated heterocycles. The van der Waals surface area contributed by atoms with E-state index >= 15 is 0 Å². The van der Waals surface area contributed by atoms with E-state index in [0.29, 0.717) is 11.3 Å². The van der Waals surface area contributed by atoms with Gasteiger partial charge in [-0.05, 0) is 28.8 Å². The molecule has 3 nitrogen and oxygen atoms in total. The lowest BCUT2D eigenvalue weighted by molar-refractivity contribution is 0.474. The number of aromatic hydroxyl groups is 1. The third kappa shape index (κ3) is 5.40. The van der Waals surface area contributed by atoms with Crippen LogP contribution >= 0.6 is 0 Å². The Kier molecular flexibility index (Phi) is 7.26. The van der Waals surface area contributed by atoms with Gasteiger partial charge in [-0.25, -0.2) is 0 Å². The maximum Gasteiger partial charge on any atom is 0.124 e. The molecule has 0 heterocycles. The zero-order valence-corrected chi connectivity index (χ0v) is 18.4. The van der Waals surface area contributed by atoms with Gasteiger partial charge in [-0.15, -0.1) is 0 Å². The van der Waals surface area contributed by atoms with Crippen molar-refractivity contribution in [2.45, 2.75) is 17.0 Å². The molecule has 0 spiro atoms. The lowest BCUT2D eigenvalue weighted by atomic mass is 9.98. The lowest BCUT2D eigenvalue weighted by Gasteiger charge is -2.25. The molecule has 4 rings (SSSR count). The van der Waals surface area contributed by atoms with Crippen LogP contribution in [0.15, 0.2) is 120 Å². The van der Waals surface area contributed by atoms with Crippen molar-refractivity contribution < 1.29 is 9.32 Å². The summed E-state index contributed by atoms with van der Waals surface area (Å²) >= 11 is 0. The second kappa shape index (κ2) is 10.7. The highest BCUT2D eigenvalue weighted by Gasteiger charge is 2.29. The monoisotopic (exact) mass is 439 g/mol. The molecule has 0 radical (unpaired) electrons. The Hall–Kier alpha value is -3.50. The third-order valence-corrected chi connectivity index (χ3v) is 7.02. The summed E-state index contributed by atoms with van der Waals surface area (Å²) in [6.07, 6.45) is 1.68. The first kappa shape index (κ1) is 21.7. The first-order valence-electron chi connectivity index (χ1n) is 10.5. The predicted molar refractivity (Wildman–Crippen MR) is 132 cm³/mol. The van der Waals surface area contributed by atoms with E-state index in [2.05, 4.69) is 0 Å².